The van der Waals surface area contributed by atoms with Crippen LogP contribution in [0.25, 0.3) is 0 Å². The fraction of sp³-hybridized carbons (Fsp3) is 0.562. The standard InChI is InChI=1S/C16H24N2O6S/c1-22-13-9-12(10-14(23-2)15(13)24-3)18(25(4,20)21)8-7-17-16(19)11-5-6-11/h9-11H,5-8H2,1-4H3,(H,17,19). The van der Waals surface area contributed by atoms with Gasteiger partial charge in [0.25, 0.3) is 0 Å². The number of anilines is 1. The summed E-state index contributed by atoms with van der Waals surface area (Å²) >= 11 is 0. The minimum absolute atomic E-state index is 0.0293. The second-order valence-electron chi connectivity index (χ2n) is 5.78. The van der Waals surface area contributed by atoms with Crippen LogP contribution < -0.4 is 23.8 Å². The van der Waals surface area contributed by atoms with E-state index in [2.05, 4.69) is 5.32 Å². The van der Waals surface area contributed by atoms with Crippen LogP contribution in [0.1, 0.15) is 12.8 Å². The lowest BCUT2D eigenvalue weighted by Crippen LogP contribution is -2.38. The highest BCUT2D eigenvalue weighted by Gasteiger charge is 2.29. The van der Waals surface area contributed by atoms with Gasteiger partial charge in [-0.2, -0.15) is 0 Å². The molecule has 0 unspecified atom stereocenters. The lowest BCUT2D eigenvalue weighted by molar-refractivity contribution is -0.122. The Kier molecular flexibility index (Phi) is 5.99. The van der Waals surface area contributed by atoms with Gasteiger partial charge in [-0.3, -0.25) is 9.10 Å². The first kappa shape index (κ1) is 19.2. The van der Waals surface area contributed by atoms with Crippen LogP contribution in [-0.2, 0) is 14.8 Å². The highest BCUT2D eigenvalue weighted by atomic mass is 32.2. The van der Waals surface area contributed by atoms with Gasteiger partial charge in [-0.15, -0.1) is 0 Å². The Morgan fingerprint density at radius 2 is 1.72 bits per heavy atom. The topological polar surface area (TPSA) is 94.2 Å². The number of hydrogen-bond acceptors (Lipinski definition) is 6. The third kappa shape index (κ3) is 4.68. The molecule has 1 saturated carbocycles. The number of hydrogen-bond donors (Lipinski definition) is 1. The summed E-state index contributed by atoms with van der Waals surface area (Å²) in [5.41, 5.74) is 0.373. The van der Waals surface area contributed by atoms with Gasteiger partial charge in [0.1, 0.15) is 0 Å². The number of rotatable bonds is 9. The molecule has 0 atom stereocenters. The van der Waals surface area contributed by atoms with E-state index in [1.165, 1.54) is 25.6 Å². The lowest BCUT2D eigenvalue weighted by Gasteiger charge is -2.24. The van der Waals surface area contributed by atoms with Gasteiger partial charge in [0.2, 0.25) is 21.7 Å². The van der Waals surface area contributed by atoms with Gasteiger partial charge >= 0.3 is 0 Å². The SMILES string of the molecule is COc1cc(N(CCNC(=O)C2CC2)S(C)(=O)=O)cc(OC)c1OC. The van der Waals surface area contributed by atoms with Crippen LogP contribution in [0.15, 0.2) is 12.1 Å². The number of ether oxygens (including phenoxy) is 3. The maximum Gasteiger partial charge on any atom is 0.232 e. The number of sulfonamides is 1. The molecule has 0 bridgehead atoms. The molecule has 1 aliphatic carbocycles. The van der Waals surface area contributed by atoms with E-state index in [-0.39, 0.29) is 24.9 Å². The van der Waals surface area contributed by atoms with E-state index in [0.717, 1.165) is 19.1 Å². The summed E-state index contributed by atoms with van der Waals surface area (Å²) in [6.07, 6.45) is 2.90. The molecule has 1 aromatic carbocycles. The van der Waals surface area contributed by atoms with Gasteiger partial charge in [0.15, 0.2) is 11.5 Å². The highest BCUT2D eigenvalue weighted by molar-refractivity contribution is 7.92. The molecule has 1 amide bonds. The Labute approximate surface area is 148 Å². The zero-order valence-corrected chi connectivity index (χ0v) is 15.7. The summed E-state index contributed by atoms with van der Waals surface area (Å²) in [6, 6.07) is 3.12. The van der Waals surface area contributed by atoms with Crippen molar-refractivity contribution in [3.8, 4) is 17.2 Å². The number of methoxy groups -OCH3 is 3. The van der Waals surface area contributed by atoms with Crippen molar-refractivity contribution in [2.24, 2.45) is 5.92 Å². The van der Waals surface area contributed by atoms with E-state index in [4.69, 9.17) is 14.2 Å². The van der Waals surface area contributed by atoms with Crippen LogP contribution in [0.3, 0.4) is 0 Å². The summed E-state index contributed by atoms with van der Waals surface area (Å²) in [6.45, 7) is 0.328. The second kappa shape index (κ2) is 7.81. The van der Waals surface area contributed by atoms with Gasteiger partial charge in [-0.1, -0.05) is 0 Å². The summed E-state index contributed by atoms with van der Waals surface area (Å²) in [5, 5.41) is 2.76. The van der Waals surface area contributed by atoms with Crippen molar-refractivity contribution in [1.29, 1.82) is 0 Å². The summed E-state index contributed by atoms with van der Waals surface area (Å²) in [7, 11) is 0.834. The highest BCUT2D eigenvalue weighted by Crippen LogP contribution is 2.41. The van der Waals surface area contributed by atoms with Gasteiger partial charge in [0.05, 0.1) is 39.8 Å². The molecule has 140 valence electrons. The van der Waals surface area contributed by atoms with Crippen molar-refractivity contribution < 1.29 is 27.4 Å². The molecule has 1 N–H and O–H groups in total. The molecule has 2 rings (SSSR count). The largest absolute Gasteiger partial charge is 0.493 e. The van der Waals surface area contributed by atoms with E-state index < -0.39 is 10.0 Å². The third-order valence-electron chi connectivity index (χ3n) is 3.90. The Morgan fingerprint density at radius 1 is 1.16 bits per heavy atom. The van der Waals surface area contributed by atoms with Crippen molar-refractivity contribution in [2.75, 3.05) is 45.0 Å². The maximum absolute atomic E-state index is 12.2. The van der Waals surface area contributed by atoms with Crippen LogP contribution >= 0.6 is 0 Å². The molecular weight excluding hydrogens is 348 g/mol. The average molecular weight is 372 g/mol. The monoisotopic (exact) mass is 372 g/mol. The first-order valence-electron chi connectivity index (χ1n) is 7.87. The number of carbonyl (C=O) groups excluding carboxylic acids is 1. The van der Waals surface area contributed by atoms with Crippen LogP contribution in [-0.4, -0.2) is 55.0 Å². The first-order valence-corrected chi connectivity index (χ1v) is 9.72. The normalized spacial score (nSPS) is 13.9. The van der Waals surface area contributed by atoms with Crippen molar-refractivity contribution in [2.45, 2.75) is 12.8 Å². The van der Waals surface area contributed by atoms with E-state index in [1.807, 2.05) is 0 Å². The van der Waals surface area contributed by atoms with E-state index in [1.54, 1.807) is 12.1 Å². The Morgan fingerprint density at radius 3 is 2.12 bits per heavy atom. The van der Waals surface area contributed by atoms with E-state index >= 15 is 0 Å². The Bertz CT molecular complexity index is 705. The molecule has 0 aromatic heterocycles. The molecule has 0 radical (unpaired) electrons. The molecule has 1 aliphatic rings. The average Bonchev–Trinajstić information content (AvgIpc) is 3.41. The van der Waals surface area contributed by atoms with Crippen molar-refractivity contribution in [3.63, 3.8) is 0 Å². The van der Waals surface area contributed by atoms with Gasteiger partial charge in [-0.05, 0) is 12.8 Å². The number of nitrogens with zero attached hydrogens (tertiary/aromatic N) is 1. The molecule has 0 aliphatic heterocycles. The van der Waals surface area contributed by atoms with E-state index in [0.29, 0.717) is 22.9 Å². The second-order valence-corrected chi connectivity index (χ2v) is 7.69. The predicted molar refractivity (Wildman–Crippen MR) is 94.0 cm³/mol. The maximum atomic E-state index is 12.2. The quantitative estimate of drug-likeness (QED) is 0.695. The van der Waals surface area contributed by atoms with Crippen LogP contribution in [0.5, 0.6) is 17.2 Å². The predicted octanol–water partition coefficient (Wildman–Crippen LogP) is 1.00. The van der Waals surface area contributed by atoms with Crippen molar-refractivity contribution >= 4 is 21.6 Å². The number of carbonyl (C=O) groups is 1. The minimum atomic E-state index is -3.56. The molecule has 25 heavy (non-hydrogen) atoms. The smallest absolute Gasteiger partial charge is 0.232 e. The summed E-state index contributed by atoms with van der Waals surface area (Å²) in [4.78, 5) is 11.7. The first-order chi connectivity index (χ1) is 11.8. The van der Waals surface area contributed by atoms with Crippen LogP contribution in [0, 0.1) is 5.92 Å². The Hall–Kier alpha value is -2.16. The molecule has 1 aromatic rings. The zero-order valence-electron chi connectivity index (χ0n) is 14.9. The number of amides is 1. The van der Waals surface area contributed by atoms with Crippen molar-refractivity contribution in [1.82, 2.24) is 5.32 Å². The summed E-state index contributed by atoms with van der Waals surface area (Å²) < 4.78 is 41.4. The fourth-order valence-corrected chi connectivity index (χ4v) is 3.38. The minimum Gasteiger partial charge on any atom is -0.493 e. The molecule has 9 heteroatoms. The fourth-order valence-electron chi connectivity index (χ4n) is 2.47. The third-order valence-corrected chi connectivity index (χ3v) is 5.09. The van der Waals surface area contributed by atoms with Crippen LogP contribution in [0.4, 0.5) is 5.69 Å². The van der Waals surface area contributed by atoms with Crippen molar-refractivity contribution in [3.05, 3.63) is 12.1 Å². The number of nitrogens with one attached hydrogen (secondary N) is 1. The van der Waals surface area contributed by atoms with Gasteiger partial charge in [0, 0.05) is 24.6 Å². The van der Waals surface area contributed by atoms with Gasteiger partial charge < -0.3 is 19.5 Å². The summed E-state index contributed by atoms with van der Waals surface area (Å²) in [5.74, 6) is 1.13. The lowest BCUT2D eigenvalue weighted by atomic mass is 10.2. The molecule has 1 fully saturated rings. The van der Waals surface area contributed by atoms with Gasteiger partial charge in [-0.25, -0.2) is 8.42 Å². The molecule has 0 heterocycles. The number of benzene rings is 1. The molecule has 8 nitrogen and oxygen atoms in total. The molecule has 0 spiro atoms. The molecule has 0 saturated heterocycles. The Balaban J connectivity index is 2.26. The van der Waals surface area contributed by atoms with E-state index in [9.17, 15) is 13.2 Å². The molecular formula is C16H24N2O6S. The van der Waals surface area contributed by atoms with Crippen LogP contribution in [0.2, 0.25) is 0 Å². The zero-order chi connectivity index (χ0) is 18.6.